The fourth-order valence-corrected chi connectivity index (χ4v) is 2.22. The molecule has 0 aliphatic heterocycles. The van der Waals surface area contributed by atoms with Gasteiger partial charge in [0.2, 0.25) is 0 Å². The summed E-state index contributed by atoms with van der Waals surface area (Å²) < 4.78 is 1.84. The number of unbranched alkanes of at least 4 members (excludes halogenated alkanes) is 3. The van der Waals surface area contributed by atoms with Crippen molar-refractivity contribution in [2.45, 2.75) is 39.2 Å². The number of aromatic nitrogens is 2. The maximum absolute atomic E-state index is 5.89. The molecule has 1 heterocycles. The molecule has 2 aromatic rings. The SMILES string of the molecule is CCCCCCNC(N)=NCc1cccc(-n2cccn2)c1. The van der Waals surface area contributed by atoms with Crippen LogP contribution in [-0.2, 0) is 6.54 Å². The Hall–Kier alpha value is -2.30. The Morgan fingerprint density at radius 3 is 2.95 bits per heavy atom. The van der Waals surface area contributed by atoms with E-state index < -0.39 is 0 Å². The van der Waals surface area contributed by atoms with Crippen LogP contribution >= 0.6 is 0 Å². The van der Waals surface area contributed by atoms with Crippen LogP contribution in [0.25, 0.3) is 5.69 Å². The molecular formula is C17H25N5. The van der Waals surface area contributed by atoms with Crippen molar-refractivity contribution in [2.24, 2.45) is 10.7 Å². The zero-order valence-corrected chi connectivity index (χ0v) is 13.2. The molecule has 5 heteroatoms. The Morgan fingerprint density at radius 2 is 2.18 bits per heavy atom. The molecule has 0 unspecified atom stereocenters. The smallest absolute Gasteiger partial charge is 0.188 e. The highest BCUT2D eigenvalue weighted by Crippen LogP contribution is 2.10. The van der Waals surface area contributed by atoms with Crippen LogP contribution in [0.4, 0.5) is 0 Å². The van der Waals surface area contributed by atoms with E-state index in [-0.39, 0.29) is 0 Å². The molecular weight excluding hydrogens is 274 g/mol. The molecule has 0 atom stereocenters. The normalized spacial score (nSPS) is 11.6. The third-order valence-corrected chi connectivity index (χ3v) is 3.45. The Labute approximate surface area is 132 Å². The van der Waals surface area contributed by atoms with E-state index in [2.05, 4.69) is 28.4 Å². The number of rotatable bonds is 8. The molecule has 0 saturated heterocycles. The van der Waals surface area contributed by atoms with Gasteiger partial charge in [-0.2, -0.15) is 5.10 Å². The summed E-state index contributed by atoms with van der Waals surface area (Å²) in [6, 6.07) is 10.1. The number of nitrogens with zero attached hydrogens (tertiary/aromatic N) is 3. The molecule has 1 aromatic heterocycles. The quantitative estimate of drug-likeness (QED) is 0.447. The average molecular weight is 299 g/mol. The van der Waals surface area contributed by atoms with Gasteiger partial charge in [0.1, 0.15) is 0 Å². The van der Waals surface area contributed by atoms with Gasteiger partial charge in [0.25, 0.3) is 0 Å². The summed E-state index contributed by atoms with van der Waals surface area (Å²) in [5, 5.41) is 7.40. The van der Waals surface area contributed by atoms with E-state index >= 15 is 0 Å². The molecule has 0 amide bonds. The van der Waals surface area contributed by atoms with Crippen molar-refractivity contribution < 1.29 is 0 Å². The van der Waals surface area contributed by atoms with Gasteiger partial charge in [-0.1, -0.05) is 38.3 Å². The van der Waals surface area contributed by atoms with Crippen molar-refractivity contribution >= 4 is 5.96 Å². The van der Waals surface area contributed by atoms with E-state index in [0.29, 0.717) is 12.5 Å². The molecule has 0 bridgehead atoms. The summed E-state index contributed by atoms with van der Waals surface area (Å²) in [7, 11) is 0. The number of nitrogens with one attached hydrogen (secondary N) is 1. The van der Waals surface area contributed by atoms with Crippen molar-refractivity contribution in [2.75, 3.05) is 6.54 Å². The highest BCUT2D eigenvalue weighted by molar-refractivity contribution is 5.77. The topological polar surface area (TPSA) is 68.2 Å². The predicted molar refractivity (Wildman–Crippen MR) is 91.0 cm³/mol. The van der Waals surface area contributed by atoms with E-state index in [4.69, 9.17) is 5.73 Å². The first-order valence-corrected chi connectivity index (χ1v) is 7.92. The molecule has 0 radical (unpaired) electrons. The van der Waals surface area contributed by atoms with Crippen LogP contribution < -0.4 is 11.1 Å². The molecule has 5 nitrogen and oxygen atoms in total. The second-order valence-corrected chi connectivity index (χ2v) is 5.31. The monoisotopic (exact) mass is 299 g/mol. The summed E-state index contributed by atoms with van der Waals surface area (Å²) in [6.07, 6.45) is 8.59. The number of aliphatic imine (C=N–C) groups is 1. The van der Waals surface area contributed by atoms with E-state index in [1.54, 1.807) is 6.20 Å². The first kappa shape index (κ1) is 16.1. The van der Waals surface area contributed by atoms with Crippen LogP contribution in [0.2, 0.25) is 0 Å². The molecule has 0 aliphatic carbocycles. The molecule has 2 rings (SSSR count). The van der Waals surface area contributed by atoms with Gasteiger partial charge in [0, 0.05) is 18.9 Å². The van der Waals surface area contributed by atoms with E-state index in [0.717, 1.165) is 24.2 Å². The Bertz CT molecular complexity index is 574. The Kier molecular flexibility index (Phi) is 6.48. The van der Waals surface area contributed by atoms with Crippen LogP contribution in [0.3, 0.4) is 0 Å². The van der Waals surface area contributed by atoms with E-state index in [9.17, 15) is 0 Å². The zero-order chi connectivity index (χ0) is 15.6. The molecule has 0 saturated carbocycles. The number of hydrogen-bond donors (Lipinski definition) is 2. The predicted octanol–water partition coefficient (Wildman–Crippen LogP) is 2.86. The van der Waals surface area contributed by atoms with Crippen molar-refractivity contribution in [3.63, 3.8) is 0 Å². The van der Waals surface area contributed by atoms with Crippen molar-refractivity contribution in [1.29, 1.82) is 0 Å². The largest absolute Gasteiger partial charge is 0.370 e. The fraction of sp³-hybridized carbons (Fsp3) is 0.412. The minimum absolute atomic E-state index is 0.515. The van der Waals surface area contributed by atoms with Crippen molar-refractivity contribution in [3.8, 4) is 5.69 Å². The lowest BCUT2D eigenvalue weighted by molar-refractivity contribution is 0.652. The van der Waals surface area contributed by atoms with Gasteiger partial charge >= 0.3 is 0 Å². The van der Waals surface area contributed by atoms with Crippen LogP contribution in [0.5, 0.6) is 0 Å². The maximum atomic E-state index is 5.89. The van der Waals surface area contributed by atoms with Crippen LogP contribution in [0.1, 0.15) is 38.2 Å². The lowest BCUT2D eigenvalue weighted by atomic mass is 10.2. The van der Waals surface area contributed by atoms with Gasteiger partial charge in [0.05, 0.1) is 12.2 Å². The fourth-order valence-electron chi connectivity index (χ4n) is 2.22. The standard InChI is InChI=1S/C17H25N5/c1-2-3-4-5-10-19-17(18)20-14-15-8-6-9-16(13-15)22-12-7-11-21-22/h6-9,11-13H,2-5,10,14H2,1H3,(H3,18,19,20). The Balaban J connectivity index is 1.83. The summed E-state index contributed by atoms with van der Waals surface area (Å²) in [4.78, 5) is 4.39. The lowest BCUT2D eigenvalue weighted by Crippen LogP contribution is -2.32. The molecule has 0 spiro atoms. The summed E-state index contributed by atoms with van der Waals surface area (Å²) in [5.74, 6) is 0.515. The Morgan fingerprint density at radius 1 is 1.27 bits per heavy atom. The van der Waals surface area contributed by atoms with E-state index in [1.807, 2.05) is 35.1 Å². The first-order valence-electron chi connectivity index (χ1n) is 7.92. The van der Waals surface area contributed by atoms with E-state index in [1.165, 1.54) is 19.3 Å². The molecule has 1 aromatic carbocycles. The van der Waals surface area contributed by atoms with Gasteiger partial charge in [-0.15, -0.1) is 0 Å². The minimum atomic E-state index is 0.515. The highest BCUT2D eigenvalue weighted by atomic mass is 15.3. The number of benzene rings is 1. The number of guanidine groups is 1. The number of nitrogens with two attached hydrogens (primary N) is 1. The minimum Gasteiger partial charge on any atom is -0.370 e. The van der Waals surface area contributed by atoms with Crippen molar-refractivity contribution in [3.05, 3.63) is 48.3 Å². The third-order valence-electron chi connectivity index (χ3n) is 3.45. The average Bonchev–Trinajstić information content (AvgIpc) is 3.07. The zero-order valence-electron chi connectivity index (χ0n) is 13.2. The summed E-state index contributed by atoms with van der Waals surface area (Å²) >= 11 is 0. The van der Waals surface area contributed by atoms with Gasteiger partial charge in [0.15, 0.2) is 5.96 Å². The summed E-state index contributed by atoms with van der Waals surface area (Å²) in [6.45, 7) is 3.67. The second kappa shape index (κ2) is 8.87. The third kappa shape index (κ3) is 5.24. The maximum Gasteiger partial charge on any atom is 0.188 e. The highest BCUT2D eigenvalue weighted by Gasteiger charge is 1.99. The first-order chi connectivity index (χ1) is 10.8. The van der Waals surface area contributed by atoms with Crippen LogP contribution in [-0.4, -0.2) is 22.3 Å². The van der Waals surface area contributed by atoms with Crippen molar-refractivity contribution in [1.82, 2.24) is 15.1 Å². The molecule has 0 fully saturated rings. The number of hydrogen-bond acceptors (Lipinski definition) is 2. The summed E-state index contributed by atoms with van der Waals surface area (Å²) in [5.41, 5.74) is 8.04. The lowest BCUT2D eigenvalue weighted by Gasteiger charge is -2.06. The molecule has 3 N–H and O–H groups in total. The second-order valence-electron chi connectivity index (χ2n) is 5.31. The van der Waals surface area contributed by atoms with Gasteiger partial charge in [-0.05, 0) is 30.2 Å². The van der Waals surface area contributed by atoms with Crippen LogP contribution in [0.15, 0.2) is 47.7 Å². The van der Waals surface area contributed by atoms with Gasteiger partial charge in [-0.3, -0.25) is 0 Å². The van der Waals surface area contributed by atoms with Crippen LogP contribution in [0, 0.1) is 0 Å². The molecule has 22 heavy (non-hydrogen) atoms. The van der Waals surface area contributed by atoms with Gasteiger partial charge in [-0.25, -0.2) is 9.67 Å². The molecule has 0 aliphatic rings. The van der Waals surface area contributed by atoms with Gasteiger partial charge < -0.3 is 11.1 Å². The molecule has 118 valence electrons.